The average molecular weight is 255 g/mol. The molecule has 0 aliphatic heterocycles. The molecule has 0 radical (unpaired) electrons. The Morgan fingerprint density at radius 1 is 1.18 bits per heavy atom. The van der Waals surface area contributed by atoms with E-state index >= 15 is 0 Å². The van der Waals surface area contributed by atoms with Crippen molar-refractivity contribution < 1.29 is 8.42 Å². The van der Waals surface area contributed by atoms with Crippen molar-refractivity contribution in [3.8, 4) is 0 Å². The van der Waals surface area contributed by atoms with Crippen LogP contribution < -0.4 is 4.72 Å². The van der Waals surface area contributed by atoms with E-state index in [0.717, 1.165) is 5.56 Å². The fourth-order valence-electron chi connectivity index (χ4n) is 1.88. The van der Waals surface area contributed by atoms with Gasteiger partial charge in [0.2, 0.25) is 10.0 Å². The lowest BCUT2D eigenvalue weighted by Crippen LogP contribution is -2.45. The quantitative estimate of drug-likeness (QED) is 0.848. The van der Waals surface area contributed by atoms with Crippen molar-refractivity contribution in [1.29, 1.82) is 0 Å². The summed E-state index contributed by atoms with van der Waals surface area (Å²) in [5.74, 6) is 0.186. The molecule has 0 saturated heterocycles. The summed E-state index contributed by atoms with van der Waals surface area (Å²) >= 11 is 0. The summed E-state index contributed by atoms with van der Waals surface area (Å²) in [6, 6.07) is 9.90. The third-order valence-electron chi connectivity index (χ3n) is 2.39. The molecular formula is C13H21NO2S. The zero-order chi connectivity index (χ0) is 12.9. The lowest BCUT2D eigenvalue weighted by Gasteiger charge is -2.26. The first-order valence-electron chi connectivity index (χ1n) is 5.90. The first-order chi connectivity index (χ1) is 7.85. The third kappa shape index (κ3) is 5.33. The van der Waals surface area contributed by atoms with E-state index in [4.69, 9.17) is 0 Å². The van der Waals surface area contributed by atoms with E-state index in [1.54, 1.807) is 0 Å². The van der Waals surface area contributed by atoms with E-state index in [1.807, 2.05) is 51.1 Å². The van der Waals surface area contributed by atoms with Gasteiger partial charge in [-0.2, -0.15) is 0 Å². The maximum absolute atomic E-state index is 11.7. The predicted molar refractivity (Wildman–Crippen MR) is 71.4 cm³/mol. The van der Waals surface area contributed by atoms with Crippen molar-refractivity contribution in [1.82, 2.24) is 4.72 Å². The molecule has 0 spiro atoms. The Bertz CT molecular complexity index is 438. The van der Waals surface area contributed by atoms with Gasteiger partial charge in [0.25, 0.3) is 0 Å². The SMILES string of the molecule is CCCS(=O)(=O)NC(C)(C)Cc1ccccc1. The Balaban J connectivity index is 2.70. The summed E-state index contributed by atoms with van der Waals surface area (Å²) in [5.41, 5.74) is 0.687. The molecule has 0 aliphatic carbocycles. The minimum atomic E-state index is -3.16. The van der Waals surface area contributed by atoms with Crippen LogP contribution in [0.5, 0.6) is 0 Å². The molecule has 1 aromatic carbocycles. The molecule has 0 amide bonds. The number of rotatable bonds is 6. The van der Waals surface area contributed by atoms with Crippen molar-refractivity contribution in [3.63, 3.8) is 0 Å². The molecule has 1 N–H and O–H groups in total. The molecule has 0 heterocycles. The van der Waals surface area contributed by atoms with Crippen LogP contribution in [0.25, 0.3) is 0 Å². The Morgan fingerprint density at radius 2 is 1.76 bits per heavy atom. The van der Waals surface area contributed by atoms with E-state index in [1.165, 1.54) is 0 Å². The molecule has 1 rings (SSSR count). The highest BCUT2D eigenvalue weighted by Gasteiger charge is 2.24. The lowest BCUT2D eigenvalue weighted by molar-refractivity contribution is 0.450. The monoisotopic (exact) mass is 255 g/mol. The molecule has 0 saturated carbocycles. The van der Waals surface area contributed by atoms with Gasteiger partial charge in [0.1, 0.15) is 0 Å². The van der Waals surface area contributed by atoms with Gasteiger partial charge in [0.15, 0.2) is 0 Å². The van der Waals surface area contributed by atoms with E-state index in [9.17, 15) is 8.42 Å². The molecule has 0 aliphatic rings. The van der Waals surface area contributed by atoms with Crippen LogP contribution >= 0.6 is 0 Å². The zero-order valence-electron chi connectivity index (χ0n) is 10.7. The highest BCUT2D eigenvalue weighted by molar-refractivity contribution is 7.89. The van der Waals surface area contributed by atoms with Crippen molar-refractivity contribution in [2.45, 2.75) is 39.2 Å². The molecule has 3 nitrogen and oxygen atoms in total. The standard InChI is InChI=1S/C13H21NO2S/c1-4-10-17(15,16)14-13(2,3)11-12-8-6-5-7-9-12/h5-9,14H,4,10-11H2,1-3H3. The van der Waals surface area contributed by atoms with Crippen LogP contribution in [-0.2, 0) is 16.4 Å². The summed E-state index contributed by atoms with van der Waals surface area (Å²) in [6.45, 7) is 5.68. The van der Waals surface area contributed by atoms with Crippen LogP contribution in [0.1, 0.15) is 32.8 Å². The summed E-state index contributed by atoms with van der Waals surface area (Å²) in [6.07, 6.45) is 1.33. The van der Waals surface area contributed by atoms with E-state index in [0.29, 0.717) is 12.8 Å². The Labute approximate surface area is 104 Å². The molecule has 0 unspecified atom stereocenters. The third-order valence-corrected chi connectivity index (χ3v) is 4.20. The maximum atomic E-state index is 11.7. The van der Waals surface area contributed by atoms with Gasteiger partial charge in [-0.1, -0.05) is 37.3 Å². The molecule has 0 atom stereocenters. The van der Waals surface area contributed by atoms with Crippen molar-refractivity contribution >= 4 is 10.0 Å². The lowest BCUT2D eigenvalue weighted by atomic mass is 9.96. The van der Waals surface area contributed by atoms with Crippen LogP contribution in [0.3, 0.4) is 0 Å². The highest BCUT2D eigenvalue weighted by atomic mass is 32.2. The minimum absolute atomic E-state index is 0.186. The minimum Gasteiger partial charge on any atom is -0.212 e. The Morgan fingerprint density at radius 3 is 2.29 bits per heavy atom. The molecule has 17 heavy (non-hydrogen) atoms. The van der Waals surface area contributed by atoms with E-state index in [2.05, 4.69) is 4.72 Å². The molecular weight excluding hydrogens is 234 g/mol. The summed E-state index contributed by atoms with van der Waals surface area (Å²) in [7, 11) is -3.16. The first-order valence-corrected chi connectivity index (χ1v) is 7.55. The molecule has 4 heteroatoms. The summed E-state index contributed by atoms with van der Waals surface area (Å²) in [5, 5.41) is 0. The van der Waals surface area contributed by atoms with Gasteiger partial charge in [-0.3, -0.25) is 0 Å². The fraction of sp³-hybridized carbons (Fsp3) is 0.538. The van der Waals surface area contributed by atoms with Gasteiger partial charge in [0, 0.05) is 5.54 Å². The van der Waals surface area contributed by atoms with Gasteiger partial charge in [-0.05, 0) is 32.3 Å². The number of hydrogen-bond donors (Lipinski definition) is 1. The van der Waals surface area contributed by atoms with Crippen molar-refractivity contribution in [2.24, 2.45) is 0 Å². The first kappa shape index (κ1) is 14.2. The second-order valence-corrected chi connectivity index (χ2v) is 6.81. The van der Waals surface area contributed by atoms with Crippen LogP contribution in [-0.4, -0.2) is 19.7 Å². The van der Waals surface area contributed by atoms with Crippen LogP contribution in [0, 0.1) is 0 Å². The number of sulfonamides is 1. The summed E-state index contributed by atoms with van der Waals surface area (Å²) in [4.78, 5) is 0. The average Bonchev–Trinajstić information content (AvgIpc) is 2.15. The van der Waals surface area contributed by atoms with Crippen LogP contribution in [0.15, 0.2) is 30.3 Å². The van der Waals surface area contributed by atoms with Crippen LogP contribution in [0.4, 0.5) is 0 Å². The van der Waals surface area contributed by atoms with Gasteiger partial charge in [0.05, 0.1) is 5.75 Å². The van der Waals surface area contributed by atoms with E-state index in [-0.39, 0.29) is 5.75 Å². The second-order valence-electron chi connectivity index (χ2n) is 4.97. The number of nitrogens with one attached hydrogen (secondary N) is 1. The Kier molecular flexibility index (Phi) is 4.71. The highest BCUT2D eigenvalue weighted by Crippen LogP contribution is 2.13. The maximum Gasteiger partial charge on any atom is 0.212 e. The topological polar surface area (TPSA) is 46.2 Å². The smallest absolute Gasteiger partial charge is 0.212 e. The second kappa shape index (κ2) is 5.65. The Hall–Kier alpha value is -0.870. The zero-order valence-corrected chi connectivity index (χ0v) is 11.5. The number of benzene rings is 1. The summed E-state index contributed by atoms with van der Waals surface area (Å²) < 4.78 is 26.2. The van der Waals surface area contributed by atoms with Gasteiger partial charge < -0.3 is 0 Å². The normalized spacial score (nSPS) is 12.6. The largest absolute Gasteiger partial charge is 0.212 e. The fourth-order valence-corrected chi connectivity index (χ4v) is 3.44. The van der Waals surface area contributed by atoms with Gasteiger partial charge in [-0.25, -0.2) is 13.1 Å². The molecule has 96 valence electrons. The van der Waals surface area contributed by atoms with Crippen molar-refractivity contribution in [3.05, 3.63) is 35.9 Å². The van der Waals surface area contributed by atoms with Crippen LogP contribution in [0.2, 0.25) is 0 Å². The molecule has 1 aromatic rings. The van der Waals surface area contributed by atoms with Gasteiger partial charge in [-0.15, -0.1) is 0 Å². The molecule has 0 aromatic heterocycles. The van der Waals surface area contributed by atoms with Gasteiger partial charge >= 0.3 is 0 Å². The molecule has 0 bridgehead atoms. The van der Waals surface area contributed by atoms with E-state index < -0.39 is 15.6 Å². The van der Waals surface area contributed by atoms with Crippen molar-refractivity contribution in [2.75, 3.05) is 5.75 Å². The molecule has 0 fully saturated rings. The number of hydrogen-bond acceptors (Lipinski definition) is 2. The predicted octanol–water partition coefficient (Wildman–Crippen LogP) is 2.34.